The molecule has 0 fully saturated rings. The highest BCUT2D eigenvalue weighted by Gasteiger charge is 2.16. The van der Waals surface area contributed by atoms with E-state index in [4.69, 9.17) is 9.47 Å². The van der Waals surface area contributed by atoms with Crippen LogP contribution in [0.2, 0.25) is 0 Å². The first-order valence-corrected chi connectivity index (χ1v) is 6.95. The van der Waals surface area contributed by atoms with E-state index in [1.54, 1.807) is 26.0 Å². The summed E-state index contributed by atoms with van der Waals surface area (Å²) in [4.78, 5) is 4.60. The average Bonchev–Trinajstić information content (AvgIpc) is 2.86. The fourth-order valence-electron chi connectivity index (χ4n) is 1.73. The highest BCUT2D eigenvalue weighted by Crippen LogP contribution is 2.31. The molecule has 0 aliphatic carbocycles. The summed E-state index contributed by atoms with van der Waals surface area (Å²) in [5, 5.41) is 4.29. The van der Waals surface area contributed by atoms with Crippen LogP contribution in [0.5, 0.6) is 11.5 Å². The molecule has 0 amide bonds. The monoisotopic (exact) mass is 266 g/mol. The largest absolute Gasteiger partial charge is 0.493 e. The van der Waals surface area contributed by atoms with Gasteiger partial charge in [-0.2, -0.15) is 0 Å². The highest BCUT2D eigenvalue weighted by molar-refractivity contribution is 8.14. The number of anilines is 1. The molecule has 0 saturated carbocycles. The number of amidine groups is 1. The van der Waals surface area contributed by atoms with Gasteiger partial charge >= 0.3 is 0 Å². The van der Waals surface area contributed by atoms with Gasteiger partial charge in [-0.1, -0.05) is 18.7 Å². The second kappa shape index (κ2) is 6.00. The number of aliphatic imine (C=N–C) groups is 1. The van der Waals surface area contributed by atoms with Gasteiger partial charge in [-0.3, -0.25) is 4.99 Å². The van der Waals surface area contributed by atoms with Crippen molar-refractivity contribution >= 4 is 22.6 Å². The summed E-state index contributed by atoms with van der Waals surface area (Å²) in [6, 6.07) is 6.21. The Morgan fingerprint density at radius 1 is 1.33 bits per heavy atom. The molecule has 0 aromatic heterocycles. The SMILES string of the molecule is CCC1CSC(Nc2ccc(OC)c(OC)c2)=N1. The summed E-state index contributed by atoms with van der Waals surface area (Å²) in [7, 11) is 3.27. The predicted octanol–water partition coefficient (Wildman–Crippen LogP) is 3.00. The van der Waals surface area contributed by atoms with Gasteiger partial charge in [0.25, 0.3) is 0 Å². The first-order chi connectivity index (χ1) is 8.76. The summed E-state index contributed by atoms with van der Waals surface area (Å²) >= 11 is 1.76. The maximum absolute atomic E-state index is 5.27. The first kappa shape index (κ1) is 13.1. The van der Waals surface area contributed by atoms with E-state index in [0.717, 1.165) is 34.5 Å². The number of nitrogens with one attached hydrogen (secondary N) is 1. The van der Waals surface area contributed by atoms with Crippen LogP contribution >= 0.6 is 11.8 Å². The Hall–Kier alpha value is -1.36. The summed E-state index contributed by atoms with van der Waals surface area (Å²) in [5.41, 5.74) is 0.968. The van der Waals surface area contributed by atoms with Gasteiger partial charge in [0.05, 0.1) is 20.3 Å². The van der Waals surface area contributed by atoms with Crippen LogP contribution in [-0.2, 0) is 0 Å². The van der Waals surface area contributed by atoms with E-state index in [0.29, 0.717) is 6.04 Å². The lowest BCUT2D eigenvalue weighted by atomic mass is 10.3. The van der Waals surface area contributed by atoms with Crippen molar-refractivity contribution in [2.45, 2.75) is 19.4 Å². The number of nitrogens with zero attached hydrogens (tertiary/aromatic N) is 1. The van der Waals surface area contributed by atoms with Gasteiger partial charge in [0, 0.05) is 17.5 Å². The van der Waals surface area contributed by atoms with Crippen molar-refractivity contribution in [2.75, 3.05) is 25.3 Å². The number of hydrogen-bond acceptors (Lipinski definition) is 5. The van der Waals surface area contributed by atoms with Gasteiger partial charge in [0.2, 0.25) is 0 Å². The number of methoxy groups -OCH3 is 2. The summed E-state index contributed by atoms with van der Waals surface area (Å²) < 4.78 is 10.5. The molecule has 1 aliphatic heterocycles. The second-order valence-corrected chi connectivity index (χ2v) is 5.01. The maximum Gasteiger partial charge on any atom is 0.162 e. The fourth-order valence-corrected chi connectivity index (χ4v) is 2.80. The van der Waals surface area contributed by atoms with Crippen molar-refractivity contribution in [2.24, 2.45) is 4.99 Å². The van der Waals surface area contributed by atoms with Gasteiger partial charge < -0.3 is 14.8 Å². The number of hydrogen-bond donors (Lipinski definition) is 1. The minimum atomic E-state index is 0.442. The van der Waals surface area contributed by atoms with Crippen LogP contribution in [0.1, 0.15) is 13.3 Å². The van der Waals surface area contributed by atoms with Gasteiger partial charge in [0.1, 0.15) is 0 Å². The molecule has 1 unspecified atom stereocenters. The van der Waals surface area contributed by atoms with E-state index in [2.05, 4.69) is 17.2 Å². The van der Waals surface area contributed by atoms with Crippen LogP contribution in [0.3, 0.4) is 0 Å². The Balaban J connectivity index is 2.10. The van der Waals surface area contributed by atoms with Crippen LogP contribution in [0.4, 0.5) is 5.69 Å². The van der Waals surface area contributed by atoms with Crippen LogP contribution in [0, 0.1) is 0 Å². The zero-order chi connectivity index (χ0) is 13.0. The standard InChI is InChI=1S/C13H18N2O2S/c1-4-9-8-18-13(14-9)15-10-5-6-11(16-2)12(7-10)17-3/h5-7,9H,4,8H2,1-3H3,(H,14,15). The van der Waals surface area contributed by atoms with Crippen LogP contribution < -0.4 is 14.8 Å². The Labute approximate surface area is 112 Å². The Kier molecular flexibility index (Phi) is 4.36. The molecule has 1 atom stereocenters. The number of ether oxygens (including phenoxy) is 2. The molecule has 0 bridgehead atoms. The molecule has 1 aliphatic rings. The molecule has 0 saturated heterocycles. The van der Waals surface area contributed by atoms with E-state index in [1.807, 2.05) is 18.2 Å². The third-order valence-electron chi connectivity index (χ3n) is 2.82. The summed E-state index contributed by atoms with van der Waals surface area (Å²) in [5.74, 6) is 2.51. The molecule has 2 rings (SSSR count). The molecule has 1 aromatic carbocycles. The maximum atomic E-state index is 5.27. The number of rotatable bonds is 4. The van der Waals surface area contributed by atoms with Gasteiger partial charge in [0.15, 0.2) is 16.7 Å². The molecule has 98 valence electrons. The average molecular weight is 266 g/mol. The molecule has 1 heterocycles. The Morgan fingerprint density at radius 3 is 2.72 bits per heavy atom. The van der Waals surface area contributed by atoms with E-state index < -0.39 is 0 Å². The van der Waals surface area contributed by atoms with E-state index in [-0.39, 0.29) is 0 Å². The molecule has 1 aromatic rings. The topological polar surface area (TPSA) is 42.8 Å². The molecular weight excluding hydrogens is 248 g/mol. The van der Waals surface area contributed by atoms with Crippen LogP contribution in [-0.4, -0.2) is 31.2 Å². The van der Waals surface area contributed by atoms with Crippen molar-refractivity contribution in [1.82, 2.24) is 0 Å². The molecule has 1 N–H and O–H groups in total. The van der Waals surface area contributed by atoms with Crippen molar-refractivity contribution in [3.63, 3.8) is 0 Å². The number of thioether (sulfide) groups is 1. The van der Waals surface area contributed by atoms with E-state index >= 15 is 0 Å². The van der Waals surface area contributed by atoms with Crippen molar-refractivity contribution in [3.8, 4) is 11.5 Å². The molecule has 0 radical (unpaired) electrons. The summed E-state index contributed by atoms with van der Waals surface area (Å²) in [6.45, 7) is 2.16. The fraction of sp³-hybridized carbons (Fsp3) is 0.462. The molecule has 0 spiro atoms. The lowest BCUT2D eigenvalue weighted by Crippen LogP contribution is -2.05. The zero-order valence-electron chi connectivity index (χ0n) is 10.9. The third-order valence-corrected chi connectivity index (χ3v) is 3.85. The number of benzene rings is 1. The van der Waals surface area contributed by atoms with E-state index in [1.165, 1.54) is 0 Å². The van der Waals surface area contributed by atoms with Gasteiger partial charge in [-0.25, -0.2) is 0 Å². The quantitative estimate of drug-likeness (QED) is 0.909. The molecule has 5 heteroatoms. The van der Waals surface area contributed by atoms with Gasteiger partial charge in [-0.05, 0) is 18.6 Å². The minimum absolute atomic E-state index is 0.442. The van der Waals surface area contributed by atoms with Crippen molar-refractivity contribution < 1.29 is 9.47 Å². The van der Waals surface area contributed by atoms with Crippen molar-refractivity contribution in [3.05, 3.63) is 18.2 Å². The lowest BCUT2D eigenvalue weighted by molar-refractivity contribution is 0.355. The third kappa shape index (κ3) is 2.90. The molecular formula is C13H18N2O2S. The Bertz CT molecular complexity index is 449. The lowest BCUT2D eigenvalue weighted by Gasteiger charge is -2.10. The molecule has 4 nitrogen and oxygen atoms in total. The van der Waals surface area contributed by atoms with Crippen molar-refractivity contribution in [1.29, 1.82) is 0 Å². The Morgan fingerprint density at radius 2 is 2.11 bits per heavy atom. The smallest absolute Gasteiger partial charge is 0.162 e. The molecule has 18 heavy (non-hydrogen) atoms. The predicted molar refractivity (Wildman–Crippen MR) is 77.1 cm³/mol. The van der Waals surface area contributed by atoms with Crippen LogP contribution in [0.15, 0.2) is 23.2 Å². The normalized spacial score (nSPS) is 18.4. The zero-order valence-corrected chi connectivity index (χ0v) is 11.7. The van der Waals surface area contributed by atoms with Crippen LogP contribution in [0.25, 0.3) is 0 Å². The first-order valence-electron chi connectivity index (χ1n) is 5.96. The highest BCUT2D eigenvalue weighted by atomic mass is 32.2. The second-order valence-electron chi connectivity index (χ2n) is 4.00. The minimum Gasteiger partial charge on any atom is -0.493 e. The van der Waals surface area contributed by atoms with E-state index in [9.17, 15) is 0 Å². The van der Waals surface area contributed by atoms with Gasteiger partial charge in [-0.15, -0.1) is 0 Å². The summed E-state index contributed by atoms with van der Waals surface area (Å²) in [6.07, 6.45) is 1.09.